The van der Waals surface area contributed by atoms with Gasteiger partial charge in [-0.2, -0.15) is 0 Å². The number of carbonyl (C=O) groups is 3. The quantitative estimate of drug-likeness (QED) is 0.740. The first-order chi connectivity index (χ1) is 12.8. The smallest absolute Gasteiger partial charge is 0.312 e. The molecule has 5 fully saturated rings. The molecule has 27 heavy (non-hydrogen) atoms. The number of nitrogens with zero attached hydrogens (tertiary/aromatic N) is 1. The van der Waals surface area contributed by atoms with Crippen molar-refractivity contribution in [3.8, 4) is 0 Å². The van der Waals surface area contributed by atoms with Crippen molar-refractivity contribution in [2.24, 2.45) is 23.2 Å². The van der Waals surface area contributed by atoms with Crippen LogP contribution in [0.2, 0.25) is 0 Å². The molecule has 0 aromatic carbocycles. The maximum atomic E-state index is 12.8. The van der Waals surface area contributed by atoms with Crippen molar-refractivity contribution < 1.29 is 29.0 Å². The van der Waals surface area contributed by atoms with Crippen LogP contribution in [0.3, 0.4) is 0 Å². The van der Waals surface area contributed by atoms with Gasteiger partial charge < -0.3 is 19.5 Å². The van der Waals surface area contributed by atoms with Crippen LogP contribution in [0.15, 0.2) is 0 Å². The van der Waals surface area contributed by atoms with Gasteiger partial charge in [-0.3, -0.25) is 14.4 Å². The number of likely N-dealkylation sites (tertiary alicyclic amines) is 1. The lowest BCUT2D eigenvalue weighted by Crippen LogP contribution is -2.58. The predicted octanol–water partition coefficient (Wildman–Crippen LogP) is 1.27. The Labute approximate surface area is 159 Å². The summed E-state index contributed by atoms with van der Waals surface area (Å²) in [5.74, 6) is -0.112. The van der Waals surface area contributed by atoms with Crippen molar-refractivity contribution in [3.05, 3.63) is 0 Å². The zero-order valence-corrected chi connectivity index (χ0v) is 15.9. The molecule has 0 aromatic rings. The van der Waals surface area contributed by atoms with Gasteiger partial charge in [0.25, 0.3) is 5.91 Å². The molecule has 0 spiro atoms. The number of aliphatic hydroxyl groups is 1. The summed E-state index contributed by atoms with van der Waals surface area (Å²) in [6.45, 7) is 0.702. The Morgan fingerprint density at radius 2 is 1.70 bits per heavy atom. The minimum atomic E-state index is -0.719. The second-order valence-corrected chi connectivity index (χ2v) is 9.22. The van der Waals surface area contributed by atoms with Gasteiger partial charge in [0, 0.05) is 13.1 Å². The van der Waals surface area contributed by atoms with E-state index in [1.165, 1.54) is 7.11 Å². The van der Waals surface area contributed by atoms with Crippen LogP contribution in [-0.2, 0) is 23.9 Å². The number of hydrogen-bond donors (Lipinski definition) is 1. The van der Waals surface area contributed by atoms with Crippen molar-refractivity contribution in [1.82, 2.24) is 4.90 Å². The molecule has 1 aliphatic heterocycles. The molecule has 4 saturated carbocycles. The average molecular weight is 379 g/mol. The number of rotatable bonds is 4. The summed E-state index contributed by atoms with van der Waals surface area (Å²) < 4.78 is 10.2. The summed E-state index contributed by atoms with van der Waals surface area (Å²) in [4.78, 5) is 38.5. The van der Waals surface area contributed by atoms with Gasteiger partial charge in [0.1, 0.15) is 0 Å². The fraction of sp³-hybridized carbons (Fsp3) is 0.850. The molecule has 0 radical (unpaired) electrons. The van der Waals surface area contributed by atoms with Crippen LogP contribution in [0.5, 0.6) is 0 Å². The summed E-state index contributed by atoms with van der Waals surface area (Å²) >= 11 is 0. The van der Waals surface area contributed by atoms with E-state index in [0.717, 1.165) is 32.1 Å². The predicted molar refractivity (Wildman–Crippen MR) is 94.3 cm³/mol. The van der Waals surface area contributed by atoms with Crippen LogP contribution in [0, 0.1) is 23.2 Å². The van der Waals surface area contributed by atoms with Gasteiger partial charge in [0.15, 0.2) is 6.61 Å². The molecule has 1 N–H and O–H groups in total. The van der Waals surface area contributed by atoms with E-state index in [1.807, 2.05) is 0 Å². The molecule has 2 unspecified atom stereocenters. The first kappa shape index (κ1) is 18.7. The van der Waals surface area contributed by atoms with Crippen LogP contribution >= 0.6 is 0 Å². The van der Waals surface area contributed by atoms with Crippen LogP contribution < -0.4 is 0 Å². The maximum Gasteiger partial charge on any atom is 0.312 e. The van der Waals surface area contributed by atoms with E-state index < -0.39 is 11.0 Å². The van der Waals surface area contributed by atoms with E-state index in [9.17, 15) is 19.5 Å². The molecule has 1 heterocycles. The van der Waals surface area contributed by atoms with Crippen LogP contribution in [0.25, 0.3) is 0 Å². The molecule has 4 aliphatic carbocycles. The van der Waals surface area contributed by atoms with E-state index in [4.69, 9.17) is 9.47 Å². The monoisotopic (exact) mass is 379 g/mol. The van der Waals surface area contributed by atoms with Gasteiger partial charge in [-0.05, 0) is 63.2 Å². The molecule has 1 amide bonds. The number of carbonyl (C=O) groups excluding carboxylic acids is 3. The molecule has 4 bridgehead atoms. The van der Waals surface area contributed by atoms with Gasteiger partial charge in [0.05, 0.1) is 24.0 Å². The van der Waals surface area contributed by atoms with E-state index in [1.54, 1.807) is 4.90 Å². The zero-order chi connectivity index (χ0) is 19.2. The van der Waals surface area contributed by atoms with E-state index in [-0.39, 0.29) is 30.4 Å². The summed E-state index contributed by atoms with van der Waals surface area (Å²) in [5, 5.41) is 10.8. The van der Waals surface area contributed by atoms with E-state index >= 15 is 0 Å². The summed E-state index contributed by atoms with van der Waals surface area (Å²) in [6, 6.07) is 0. The fourth-order valence-electron chi connectivity index (χ4n) is 6.36. The molecule has 0 aromatic heterocycles. The number of ether oxygens (including phenoxy) is 2. The number of amides is 1. The fourth-order valence-corrected chi connectivity index (χ4v) is 6.36. The molecular formula is C20H29NO6. The van der Waals surface area contributed by atoms with Crippen molar-refractivity contribution in [2.75, 3.05) is 26.8 Å². The Bertz CT molecular complexity index is 624. The van der Waals surface area contributed by atoms with Gasteiger partial charge >= 0.3 is 11.9 Å². The van der Waals surface area contributed by atoms with Gasteiger partial charge in [-0.1, -0.05) is 0 Å². The lowest BCUT2D eigenvalue weighted by molar-refractivity contribution is -0.197. The van der Waals surface area contributed by atoms with Gasteiger partial charge in [-0.25, -0.2) is 0 Å². The molecule has 5 aliphatic rings. The molecule has 7 heteroatoms. The Kier molecular flexibility index (Phi) is 4.69. The average Bonchev–Trinajstić information content (AvgIpc) is 2.63. The minimum Gasteiger partial charge on any atom is -0.469 e. The third kappa shape index (κ3) is 3.46. The van der Waals surface area contributed by atoms with E-state index in [2.05, 4.69) is 0 Å². The lowest BCUT2D eigenvalue weighted by Gasteiger charge is -2.58. The molecule has 5 rings (SSSR count). The third-order valence-electron chi connectivity index (χ3n) is 7.17. The lowest BCUT2D eigenvalue weighted by atomic mass is 9.48. The summed E-state index contributed by atoms with van der Waals surface area (Å²) in [6.07, 6.45) is 5.89. The number of methoxy groups -OCH3 is 1. The number of esters is 2. The van der Waals surface area contributed by atoms with Crippen molar-refractivity contribution in [3.63, 3.8) is 0 Å². The molecule has 1 saturated heterocycles. The Morgan fingerprint density at radius 1 is 1.07 bits per heavy atom. The topological polar surface area (TPSA) is 93.1 Å². The third-order valence-corrected chi connectivity index (χ3v) is 7.17. The Hall–Kier alpha value is -1.63. The second kappa shape index (κ2) is 6.76. The Morgan fingerprint density at radius 3 is 2.26 bits per heavy atom. The SMILES string of the molecule is COC(=O)C1CCN(C(=O)COC(=O)C23C[C@@H]4C[C@@H](CC(O)(C4)C2)C3)CC1. The minimum absolute atomic E-state index is 0.158. The van der Waals surface area contributed by atoms with Crippen molar-refractivity contribution in [1.29, 1.82) is 0 Å². The summed E-state index contributed by atoms with van der Waals surface area (Å²) in [5.41, 5.74) is -1.32. The van der Waals surface area contributed by atoms with Crippen LogP contribution in [-0.4, -0.2) is 60.3 Å². The summed E-state index contributed by atoms with van der Waals surface area (Å²) in [7, 11) is 1.38. The van der Waals surface area contributed by atoms with E-state index in [0.29, 0.717) is 44.2 Å². The highest BCUT2D eigenvalue weighted by Crippen LogP contribution is 2.61. The standard InChI is InChI=1S/C20H29NO6/c1-26-17(23)15-2-4-21(5-3-15)16(22)11-27-18(24)19-7-13-6-14(8-19)10-20(25,9-13)12-19/h13-15,25H,2-12H2,1H3/t13-,14+,19?,20?. The van der Waals surface area contributed by atoms with Crippen molar-refractivity contribution >= 4 is 17.8 Å². The van der Waals surface area contributed by atoms with Crippen LogP contribution in [0.4, 0.5) is 0 Å². The number of piperidine rings is 1. The number of hydrogen-bond acceptors (Lipinski definition) is 6. The largest absolute Gasteiger partial charge is 0.469 e. The van der Waals surface area contributed by atoms with Gasteiger partial charge in [-0.15, -0.1) is 0 Å². The van der Waals surface area contributed by atoms with Gasteiger partial charge in [0.2, 0.25) is 0 Å². The zero-order valence-electron chi connectivity index (χ0n) is 15.9. The second-order valence-electron chi connectivity index (χ2n) is 9.22. The first-order valence-electron chi connectivity index (χ1n) is 10.1. The molecule has 4 atom stereocenters. The molecule has 150 valence electrons. The van der Waals surface area contributed by atoms with Crippen LogP contribution in [0.1, 0.15) is 51.4 Å². The Balaban J connectivity index is 1.30. The highest BCUT2D eigenvalue weighted by atomic mass is 16.5. The molecular weight excluding hydrogens is 350 g/mol. The highest BCUT2D eigenvalue weighted by molar-refractivity contribution is 5.83. The highest BCUT2D eigenvalue weighted by Gasteiger charge is 2.61. The normalized spacial score (nSPS) is 37.9. The van der Waals surface area contributed by atoms with Crippen molar-refractivity contribution in [2.45, 2.75) is 57.0 Å². The first-order valence-corrected chi connectivity index (χ1v) is 10.1. The molecule has 7 nitrogen and oxygen atoms in total. The maximum absolute atomic E-state index is 12.8.